The van der Waals surface area contributed by atoms with E-state index in [-0.39, 0.29) is 27.9 Å². The van der Waals surface area contributed by atoms with Crippen molar-refractivity contribution in [2.24, 2.45) is 11.0 Å². The lowest BCUT2D eigenvalue weighted by molar-refractivity contribution is -0.137. The summed E-state index contributed by atoms with van der Waals surface area (Å²) in [5.74, 6) is -1.69. The Morgan fingerprint density at radius 3 is 2.26 bits per heavy atom. The van der Waals surface area contributed by atoms with Crippen LogP contribution in [0.4, 0.5) is 27.6 Å². The third-order valence-electron chi connectivity index (χ3n) is 7.97. The molecule has 0 aromatic heterocycles. The molecule has 0 unspecified atom stereocenters. The smallest absolute Gasteiger partial charge is 0.280 e. The van der Waals surface area contributed by atoms with Gasteiger partial charge in [-0.1, -0.05) is 36.4 Å². The standard InChI is InChI=1S/C34H26F5N3O3S/c35-26-14-10-21(11-15-26)18-23-4-2-9-30-31(23)40-42(32(30)22-12-16-27(36)17-13-22)33(43)24-5-1-8-29(19-24)46(44,45)41-28-7-3-6-25(20-28)34(37,38)39/h1,3,5-8,10-20,30,32,41H,2,4,9H2/b23-18+/t30-,32+/m1/s1. The van der Waals surface area contributed by atoms with E-state index < -0.39 is 39.5 Å². The van der Waals surface area contributed by atoms with Crippen molar-refractivity contribution in [1.82, 2.24) is 5.01 Å². The van der Waals surface area contributed by atoms with E-state index in [0.29, 0.717) is 30.2 Å². The van der Waals surface area contributed by atoms with Crippen molar-refractivity contribution < 1.29 is 35.2 Å². The molecule has 1 aliphatic carbocycles. The van der Waals surface area contributed by atoms with Gasteiger partial charge >= 0.3 is 6.18 Å². The van der Waals surface area contributed by atoms with Crippen molar-refractivity contribution in [3.05, 3.63) is 137 Å². The maximum Gasteiger partial charge on any atom is 0.416 e. The van der Waals surface area contributed by atoms with Crippen molar-refractivity contribution in [1.29, 1.82) is 0 Å². The van der Waals surface area contributed by atoms with Gasteiger partial charge in [-0.2, -0.15) is 18.3 Å². The Morgan fingerprint density at radius 1 is 0.891 bits per heavy atom. The van der Waals surface area contributed by atoms with E-state index in [0.717, 1.165) is 35.8 Å². The molecule has 2 aliphatic rings. The number of sulfonamides is 1. The van der Waals surface area contributed by atoms with Gasteiger partial charge in [-0.05, 0) is 103 Å². The quantitative estimate of drug-likeness (QED) is 0.214. The van der Waals surface area contributed by atoms with Crippen molar-refractivity contribution in [3.8, 4) is 0 Å². The Morgan fingerprint density at radius 2 is 1.57 bits per heavy atom. The summed E-state index contributed by atoms with van der Waals surface area (Å²) in [7, 11) is -4.39. The van der Waals surface area contributed by atoms with Crippen LogP contribution < -0.4 is 4.72 Å². The molecule has 1 amide bonds. The summed E-state index contributed by atoms with van der Waals surface area (Å²) in [4.78, 5) is 13.7. The molecule has 236 valence electrons. The zero-order valence-corrected chi connectivity index (χ0v) is 24.8. The molecule has 4 aromatic rings. The van der Waals surface area contributed by atoms with Gasteiger partial charge in [-0.15, -0.1) is 0 Å². The number of allylic oxidation sites excluding steroid dienone is 1. The maximum atomic E-state index is 14.1. The average molecular weight is 652 g/mol. The fourth-order valence-corrected chi connectivity index (χ4v) is 6.92. The molecule has 1 heterocycles. The molecule has 0 radical (unpaired) electrons. The number of rotatable bonds is 6. The predicted molar refractivity (Wildman–Crippen MR) is 163 cm³/mol. The molecular formula is C34H26F5N3O3S. The van der Waals surface area contributed by atoms with E-state index in [1.54, 1.807) is 24.3 Å². The minimum absolute atomic E-state index is 0.0221. The zero-order valence-electron chi connectivity index (χ0n) is 24.0. The Bertz CT molecular complexity index is 1960. The molecule has 0 spiro atoms. The summed E-state index contributed by atoms with van der Waals surface area (Å²) in [6, 6.07) is 20.0. The Labute approximate surface area is 261 Å². The molecule has 46 heavy (non-hydrogen) atoms. The maximum absolute atomic E-state index is 14.1. The third-order valence-corrected chi connectivity index (χ3v) is 9.34. The van der Waals surface area contributed by atoms with E-state index in [1.165, 1.54) is 53.5 Å². The molecule has 6 rings (SSSR count). The lowest BCUT2D eigenvalue weighted by Crippen LogP contribution is -2.32. The number of benzene rings is 4. The lowest BCUT2D eigenvalue weighted by Gasteiger charge is -2.29. The lowest BCUT2D eigenvalue weighted by atomic mass is 9.77. The summed E-state index contributed by atoms with van der Waals surface area (Å²) < 4.78 is 95.5. The molecule has 1 N–H and O–H groups in total. The molecule has 0 bridgehead atoms. The van der Waals surface area contributed by atoms with Gasteiger partial charge in [0, 0.05) is 17.2 Å². The molecule has 1 saturated carbocycles. The van der Waals surface area contributed by atoms with Gasteiger partial charge in [0.1, 0.15) is 11.6 Å². The number of hydrogen-bond acceptors (Lipinski definition) is 4. The summed E-state index contributed by atoms with van der Waals surface area (Å²) in [5, 5.41) is 6.03. The SMILES string of the molecule is O=C(c1cccc(S(=O)(=O)Nc2cccc(C(F)(F)F)c2)c1)N1N=C2/C(=C/c3ccc(F)cc3)CCC[C@H]2[C@@H]1c1ccc(F)cc1. The third kappa shape index (κ3) is 6.43. The minimum atomic E-state index is -4.67. The highest BCUT2D eigenvalue weighted by molar-refractivity contribution is 7.92. The van der Waals surface area contributed by atoms with Crippen LogP contribution in [0.5, 0.6) is 0 Å². The first-order valence-electron chi connectivity index (χ1n) is 14.3. The summed E-state index contributed by atoms with van der Waals surface area (Å²) in [6.45, 7) is 0. The second-order valence-electron chi connectivity index (χ2n) is 11.1. The molecule has 2 atom stereocenters. The molecule has 1 aliphatic heterocycles. The minimum Gasteiger partial charge on any atom is -0.280 e. The number of halogens is 5. The van der Waals surface area contributed by atoms with Gasteiger partial charge in [0.05, 0.1) is 22.2 Å². The van der Waals surface area contributed by atoms with Gasteiger partial charge < -0.3 is 0 Å². The number of nitrogens with one attached hydrogen (secondary N) is 1. The Balaban J connectivity index is 1.35. The zero-order chi connectivity index (χ0) is 32.6. The molecule has 4 aromatic carbocycles. The van der Waals surface area contributed by atoms with Crippen LogP contribution in [0.15, 0.2) is 113 Å². The Hall–Kier alpha value is -4.84. The van der Waals surface area contributed by atoms with E-state index in [9.17, 15) is 35.2 Å². The number of anilines is 1. The van der Waals surface area contributed by atoms with Crippen LogP contribution in [-0.2, 0) is 16.2 Å². The largest absolute Gasteiger partial charge is 0.416 e. The van der Waals surface area contributed by atoms with Crippen LogP contribution in [0.25, 0.3) is 6.08 Å². The number of carbonyl (C=O) groups is 1. The highest BCUT2D eigenvalue weighted by Gasteiger charge is 2.44. The number of nitrogens with zero attached hydrogens (tertiary/aromatic N) is 2. The molecule has 1 fully saturated rings. The van der Waals surface area contributed by atoms with Crippen molar-refractivity contribution in [2.45, 2.75) is 36.4 Å². The number of amides is 1. The average Bonchev–Trinajstić information content (AvgIpc) is 3.42. The van der Waals surface area contributed by atoms with Crippen LogP contribution in [0.2, 0.25) is 0 Å². The van der Waals surface area contributed by atoms with Crippen LogP contribution in [0.3, 0.4) is 0 Å². The normalized spacial score (nSPS) is 19.1. The fourth-order valence-electron chi connectivity index (χ4n) is 5.82. The van der Waals surface area contributed by atoms with Crippen LogP contribution in [0.1, 0.15) is 52.4 Å². The monoisotopic (exact) mass is 651 g/mol. The van der Waals surface area contributed by atoms with Crippen molar-refractivity contribution in [3.63, 3.8) is 0 Å². The first kappa shape index (κ1) is 31.2. The molecule has 6 nitrogen and oxygen atoms in total. The van der Waals surface area contributed by atoms with Gasteiger partial charge in [-0.25, -0.2) is 22.2 Å². The Kier molecular flexibility index (Phi) is 8.24. The topological polar surface area (TPSA) is 78.8 Å². The fraction of sp³-hybridized carbons (Fsp3) is 0.176. The highest BCUT2D eigenvalue weighted by Crippen LogP contribution is 2.45. The number of carbonyl (C=O) groups excluding carboxylic acids is 1. The number of hydrogen-bond donors (Lipinski definition) is 1. The predicted octanol–water partition coefficient (Wildman–Crippen LogP) is 8.22. The number of hydrazone groups is 1. The van der Waals surface area contributed by atoms with Gasteiger partial charge in [0.25, 0.3) is 15.9 Å². The van der Waals surface area contributed by atoms with E-state index in [4.69, 9.17) is 5.10 Å². The second kappa shape index (κ2) is 12.2. The first-order chi connectivity index (χ1) is 21.9. The first-order valence-corrected chi connectivity index (χ1v) is 15.8. The van der Waals surface area contributed by atoms with Gasteiger partial charge in [-0.3, -0.25) is 9.52 Å². The number of alkyl halides is 3. The van der Waals surface area contributed by atoms with Crippen molar-refractivity contribution in [2.75, 3.05) is 4.72 Å². The second-order valence-corrected chi connectivity index (χ2v) is 12.7. The van der Waals surface area contributed by atoms with E-state index in [2.05, 4.69) is 4.72 Å². The summed E-state index contributed by atoms with van der Waals surface area (Å²) in [6.07, 6.45) is -0.643. The van der Waals surface area contributed by atoms with Gasteiger partial charge in [0.15, 0.2) is 0 Å². The van der Waals surface area contributed by atoms with Gasteiger partial charge in [0.2, 0.25) is 0 Å². The molecule has 0 saturated heterocycles. The van der Waals surface area contributed by atoms with E-state index in [1.807, 2.05) is 6.08 Å². The summed E-state index contributed by atoms with van der Waals surface area (Å²) >= 11 is 0. The van der Waals surface area contributed by atoms with E-state index >= 15 is 0 Å². The van der Waals surface area contributed by atoms with Crippen LogP contribution in [-0.4, -0.2) is 25.0 Å². The van der Waals surface area contributed by atoms with Crippen LogP contribution in [0, 0.1) is 17.6 Å². The highest BCUT2D eigenvalue weighted by atomic mass is 32.2. The van der Waals surface area contributed by atoms with Crippen molar-refractivity contribution >= 4 is 33.4 Å². The van der Waals surface area contributed by atoms with Crippen LogP contribution >= 0.6 is 0 Å². The molecular weight excluding hydrogens is 625 g/mol. The number of fused-ring (bicyclic) bond motifs is 1. The molecule has 12 heteroatoms. The summed E-state index contributed by atoms with van der Waals surface area (Å²) in [5.41, 5.74) is 1.58.